The number of benzene rings is 3. The Labute approximate surface area is 270 Å². The van der Waals surface area contributed by atoms with Gasteiger partial charge in [-0.2, -0.15) is 8.61 Å². The maximum Gasteiger partial charge on any atom is 0.243 e. The lowest BCUT2D eigenvalue weighted by molar-refractivity contribution is -0.116. The molecule has 11 nitrogen and oxygen atoms in total. The number of carbonyl (C=O) groups excluding carboxylic acids is 1. The average Bonchev–Trinajstić information content (AvgIpc) is 3.55. The van der Waals surface area contributed by atoms with E-state index in [-0.39, 0.29) is 33.0 Å². The molecular formula is C31H37FN4O7S3. The van der Waals surface area contributed by atoms with E-state index in [2.05, 4.69) is 10.0 Å². The van der Waals surface area contributed by atoms with E-state index in [9.17, 15) is 34.4 Å². The first-order chi connectivity index (χ1) is 21.8. The third-order valence-electron chi connectivity index (χ3n) is 8.13. The van der Waals surface area contributed by atoms with E-state index < -0.39 is 48.3 Å². The van der Waals surface area contributed by atoms with Crippen LogP contribution in [0.1, 0.15) is 50.5 Å². The number of anilines is 1. The van der Waals surface area contributed by atoms with Gasteiger partial charge >= 0.3 is 0 Å². The van der Waals surface area contributed by atoms with Crippen LogP contribution in [0.15, 0.2) is 87.5 Å². The third kappa shape index (κ3) is 8.19. The molecule has 15 heteroatoms. The molecule has 2 aliphatic rings. The molecular weight excluding hydrogens is 656 g/mol. The van der Waals surface area contributed by atoms with Crippen LogP contribution in [0.5, 0.6) is 0 Å². The van der Waals surface area contributed by atoms with E-state index in [1.165, 1.54) is 77.1 Å². The predicted molar refractivity (Wildman–Crippen MR) is 171 cm³/mol. The van der Waals surface area contributed by atoms with E-state index in [0.29, 0.717) is 18.7 Å². The molecule has 0 unspecified atom stereocenters. The normalized spacial score (nSPS) is 16.9. The highest BCUT2D eigenvalue weighted by Gasteiger charge is 2.29. The van der Waals surface area contributed by atoms with Crippen LogP contribution in [0.3, 0.4) is 0 Å². The molecule has 46 heavy (non-hydrogen) atoms. The molecule has 1 heterocycles. The number of amides is 1. The highest BCUT2D eigenvalue weighted by Crippen LogP contribution is 2.25. The van der Waals surface area contributed by atoms with Crippen LogP contribution < -0.4 is 10.0 Å². The zero-order chi connectivity index (χ0) is 33.0. The average molecular weight is 693 g/mol. The van der Waals surface area contributed by atoms with Crippen molar-refractivity contribution in [1.29, 1.82) is 0 Å². The molecule has 1 amide bonds. The van der Waals surface area contributed by atoms with Crippen LogP contribution in [0.4, 0.5) is 10.1 Å². The molecule has 3 aromatic carbocycles. The van der Waals surface area contributed by atoms with Gasteiger partial charge in [0.1, 0.15) is 5.82 Å². The van der Waals surface area contributed by atoms with Crippen LogP contribution in [-0.4, -0.2) is 65.4 Å². The molecule has 0 spiro atoms. The van der Waals surface area contributed by atoms with Gasteiger partial charge in [0.05, 0.1) is 21.2 Å². The quantitative estimate of drug-likeness (QED) is 0.291. The molecule has 0 radical (unpaired) electrons. The number of halogens is 1. The molecule has 5 rings (SSSR count). The van der Waals surface area contributed by atoms with E-state index in [1.807, 2.05) is 0 Å². The van der Waals surface area contributed by atoms with Crippen molar-refractivity contribution in [1.82, 2.24) is 13.3 Å². The van der Waals surface area contributed by atoms with E-state index >= 15 is 0 Å². The minimum absolute atomic E-state index is 0.0769. The van der Waals surface area contributed by atoms with Crippen molar-refractivity contribution in [2.24, 2.45) is 0 Å². The maximum atomic E-state index is 13.8. The Kier molecular flexibility index (Phi) is 10.6. The van der Waals surface area contributed by atoms with Crippen molar-refractivity contribution in [2.75, 3.05) is 25.0 Å². The van der Waals surface area contributed by atoms with Crippen molar-refractivity contribution in [3.63, 3.8) is 0 Å². The van der Waals surface area contributed by atoms with Gasteiger partial charge in [-0.1, -0.05) is 31.4 Å². The lowest BCUT2D eigenvalue weighted by Gasteiger charge is -2.26. The minimum atomic E-state index is -4.34. The van der Waals surface area contributed by atoms with Crippen molar-refractivity contribution >= 4 is 41.7 Å². The zero-order valence-corrected chi connectivity index (χ0v) is 27.6. The number of hydrogen-bond acceptors (Lipinski definition) is 7. The molecule has 1 aliphatic heterocycles. The fourth-order valence-electron chi connectivity index (χ4n) is 5.62. The summed E-state index contributed by atoms with van der Waals surface area (Å²) in [7, 11) is -11.9. The number of rotatable bonds is 12. The predicted octanol–water partition coefficient (Wildman–Crippen LogP) is 4.05. The van der Waals surface area contributed by atoms with Crippen molar-refractivity contribution in [2.45, 2.75) is 72.2 Å². The van der Waals surface area contributed by atoms with Gasteiger partial charge in [-0.05, 0) is 91.9 Å². The van der Waals surface area contributed by atoms with Crippen LogP contribution in [0, 0.1) is 5.82 Å². The van der Waals surface area contributed by atoms with E-state index in [1.54, 1.807) is 0 Å². The lowest BCUT2D eigenvalue weighted by Crippen LogP contribution is -2.37. The van der Waals surface area contributed by atoms with Gasteiger partial charge < -0.3 is 5.32 Å². The minimum Gasteiger partial charge on any atom is -0.325 e. The molecule has 0 bridgehead atoms. The molecule has 1 aliphatic carbocycles. The molecule has 0 aromatic heterocycles. The van der Waals surface area contributed by atoms with Crippen molar-refractivity contribution in [3.05, 3.63) is 84.2 Å². The second-order valence-electron chi connectivity index (χ2n) is 11.5. The van der Waals surface area contributed by atoms with E-state index in [4.69, 9.17) is 0 Å². The fraction of sp³-hybridized carbons (Fsp3) is 0.387. The molecule has 0 atom stereocenters. The van der Waals surface area contributed by atoms with Gasteiger partial charge in [-0.25, -0.2) is 34.4 Å². The Morgan fingerprint density at radius 1 is 0.739 bits per heavy atom. The summed E-state index contributed by atoms with van der Waals surface area (Å²) in [5.74, 6) is -1.21. The van der Waals surface area contributed by atoms with Gasteiger partial charge in [0.15, 0.2) is 0 Å². The largest absolute Gasteiger partial charge is 0.325 e. The summed E-state index contributed by atoms with van der Waals surface area (Å²) in [6, 6.07) is 15.4. The number of sulfonamides is 3. The molecule has 1 saturated heterocycles. The second kappa shape index (κ2) is 14.3. The molecule has 3 aromatic rings. The lowest BCUT2D eigenvalue weighted by atomic mass is 10.2. The van der Waals surface area contributed by atoms with Gasteiger partial charge in [-0.15, -0.1) is 0 Å². The van der Waals surface area contributed by atoms with Gasteiger partial charge in [-0.3, -0.25) is 4.79 Å². The summed E-state index contributed by atoms with van der Waals surface area (Å²) in [6.45, 7) is 0.00726. The van der Waals surface area contributed by atoms with Crippen LogP contribution >= 0.6 is 0 Å². The molecule has 2 fully saturated rings. The standard InChI is InChI=1S/C31H37FN4O7S3/c32-25-10-8-24(9-11-25)22-36(46(42,43)30-18-16-28(17-19-30)44(38,39)34-27-6-2-3-7-27)23-31(37)33-26-12-14-29(15-13-26)45(40,41)35-20-4-1-5-21-35/h8-19,27,34H,1-7,20-23H2,(H,33,37). The summed E-state index contributed by atoms with van der Waals surface area (Å²) in [5.41, 5.74) is 0.691. The fourth-order valence-corrected chi connectivity index (χ4v) is 9.82. The Morgan fingerprint density at radius 3 is 1.91 bits per heavy atom. The highest BCUT2D eigenvalue weighted by atomic mass is 32.2. The van der Waals surface area contributed by atoms with Crippen LogP contribution in [0.2, 0.25) is 0 Å². The third-order valence-corrected chi connectivity index (χ3v) is 13.4. The number of hydrogen-bond donors (Lipinski definition) is 2. The number of piperidine rings is 1. The first-order valence-corrected chi connectivity index (χ1v) is 19.5. The van der Waals surface area contributed by atoms with Crippen LogP contribution in [-0.2, 0) is 41.4 Å². The maximum absolute atomic E-state index is 13.8. The summed E-state index contributed by atoms with van der Waals surface area (Å²) in [5, 5.41) is 2.61. The second-order valence-corrected chi connectivity index (χ2v) is 17.1. The Hall–Kier alpha value is -3.21. The van der Waals surface area contributed by atoms with Crippen molar-refractivity contribution in [3.8, 4) is 0 Å². The Morgan fingerprint density at radius 2 is 1.30 bits per heavy atom. The summed E-state index contributed by atoms with van der Waals surface area (Å²) in [4.78, 5) is 12.9. The molecule has 248 valence electrons. The SMILES string of the molecule is O=C(CN(Cc1ccc(F)cc1)S(=O)(=O)c1ccc(S(=O)(=O)NC2CCCC2)cc1)Nc1ccc(S(=O)(=O)N2CCCCC2)cc1. The van der Waals surface area contributed by atoms with E-state index in [0.717, 1.165) is 49.3 Å². The van der Waals surface area contributed by atoms with Gasteiger partial charge in [0, 0.05) is 31.4 Å². The molecule has 1 saturated carbocycles. The Bertz CT molecular complexity index is 1840. The summed E-state index contributed by atoms with van der Waals surface area (Å²) in [6.07, 6.45) is 5.94. The first-order valence-electron chi connectivity index (χ1n) is 15.1. The van der Waals surface area contributed by atoms with Gasteiger partial charge in [0.25, 0.3) is 0 Å². The highest BCUT2D eigenvalue weighted by molar-refractivity contribution is 7.90. The number of carbonyl (C=O) groups is 1. The van der Waals surface area contributed by atoms with Crippen molar-refractivity contribution < 1.29 is 34.4 Å². The number of nitrogens with one attached hydrogen (secondary N) is 2. The Balaban J connectivity index is 1.32. The first kappa shape index (κ1) is 34.1. The summed E-state index contributed by atoms with van der Waals surface area (Å²) >= 11 is 0. The van der Waals surface area contributed by atoms with Crippen LogP contribution in [0.25, 0.3) is 0 Å². The van der Waals surface area contributed by atoms with Gasteiger partial charge in [0.2, 0.25) is 36.0 Å². The topological polar surface area (TPSA) is 150 Å². The molecule has 2 N–H and O–H groups in total. The monoisotopic (exact) mass is 692 g/mol. The zero-order valence-electron chi connectivity index (χ0n) is 25.1. The smallest absolute Gasteiger partial charge is 0.243 e. The summed E-state index contributed by atoms with van der Waals surface area (Å²) < 4.78 is 97.7. The number of nitrogens with zero attached hydrogens (tertiary/aromatic N) is 2.